The van der Waals surface area contributed by atoms with Crippen LogP contribution in [0.3, 0.4) is 0 Å². The number of ether oxygens (including phenoxy) is 3. The Morgan fingerprint density at radius 1 is 0.861 bits per heavy atom. The van der Waals surface area contributed by atoms with E-state index in [2.05, 4.69) is 66.5 Å². The molecule has 0 bridgehead atoms. The van der Waals surface area contributed by atoms with Gasteiger partial charge in [0.2, 0.25) is 6.23 Å². The van der Waals surface area contributed by atoms with E-state index in [1.54, 1.807) is 7.11 Å². The first kappa shape index (κ1) is 24.2. The van der Waals surface area contributed by atoms with E-state index in [1.807, 2.05) is 18.2 Å². The van der Waals surface area contributed by atoms with E-state index >= 15 is 0 Å². The summed E-state index contributed by atoms with van der Waals surface area (Å²) in [7, 11) is 1.69. The molecule has 3 aromatic rings. The first-order valence-electron chi connectivity index (χ1n) is 13.3. The van der Waals surface area contributed by atoms with Crippen molar-refractivity contribution in [3.63, 3.8) is 0 Å². The molecule has 2 atom stereocenters. The van der Waals surface area contributed by atoms with Crippen LogP contribution in [0.1, 0.15) is 80.8 Å². The van der Waals surface area contributed by atoms with Crippen molar-refractivity contribution in [3.05, 3.63) is 89.5 Å². The van der Waals surface area contributed by atoms with Gasteiger partial charge in [0.25, 0.3) is 0 Å². The highest BCUT2D eigenvalue weighted by Gasteiger charge is 2.40. The van der Waals surface area contributed by atoms with E-state index < -0.39 is 0 Å². The van der Waals surface area contributed by atoms with Crippen molar-refractivity contribution in [2.45, 2.75) is 64.1 Å². The summed E-state index contributed by atoms with van der Waals surface area (Å²) in [5.41, 5.74) is 4.42. The zero-order valence-electron chi connectivity index (χ0n) is 21.4. The third-order valence-electron chi connectivity index (χ3n) is 7.05. The largest absolute Gasteiger partial charge is 0.497 e. The van der Waals surface area contributed by atoms with Crippen molar-refractivity contribution < 1.29 is 14.2 Å². The van der Waals surface area contributed by atoms with Gasteiger partial charge in [0, 0.05) is 17.5 Å². The zero-order chi connectivity index (χ0) is 24.7. The Kier molecular flexibility index (Phi) is 7.75. The van der Waals surface area contributed by atoms with Crippen LogP contribution in [0.5, 0.6) is 17.2 Å². The first-order valence-corrected chi connectivity index (χ1v) is 13.3. The van der Waals surface area contributed by atoms with E-state index in [-0.39, 0.29) is 12.3 Å². The van der Waals surface area contributed by atoms with E-state index in [0.717, 1.165) is 53.5 Å². The summed E-state index contributed by atoms with van der Waals surface area (Å²) < 4.78 is 17.8. The van der Waals surface area contributed by atoms with Crippen LogP contribution in [0.4, 0.5) is 0 Å². The second-order valence-electron chi connectivity index (χ2n) is 9.57. The molecule has 5 heteroatoms. The standard InChI is InChI=1S/C31H36N2O3/c1-3-4-5-6-7-10-21-35-26-19-15-24(16-20-26)31-33-29(27-11-8-9-12-30(27)36-31)22-28(32-33)23-13-17-25(34-2)18-14-23/h8-9,11-20,29,31H,3-7,10,21-22H2,1-2H3/t29-,31-/m0/s1. The van der Waals surface area contributed by atoms with Crippen molar-refractivity contribution in [2.24, 2.45) is 5.10 Å². The molecule has 5 rings (SSSR count). The van der Waals surface area contributed by atoms with Gasteiger partial charge in [-0.2, -0.15) is 5.10 Å². The molecule has 0 saturated carbocycles. The maximum Gasteiger partial charge on any atom is 0.213 e. The molecule has 2 aliphatic heterocycles. The Morgan fingerprint density at radius 2 is 1.58 bits per heavy atom. The van der Waals surface area contributed by atoms with Gasteiger partial charge in [0.15, 0.2) is 0 Å². The molecule has 2 heterocycles. The molecule has 0 amide bonds. The number of nitrogens with zero attached hydrogens (tertiary/aromatic N) is 2. The number of fused-ring (bicyclic) bond motifs is 3. The molecule has 0 aromatic heterocycles. The minimum Gasteiger partial charge on any atom is -0.497 e. The van der Waals surface area contributed by atoms with E-state index in [4.69, 9.17) is 19.3 Å². The van der Waals surface area contributed by atoms with Crippen molar-refractivity contribution in [1.82, 2.24) is 5.01 Å². The van der Waals surface area contributed by atoms with Gasteiger partial charge in [-0.25, -0.2) is 5.01 Å². The van der Waals surface area contributed by atoms with Gasteiger partial charge < -0.3 is 14.2 Å². The fourth-order valence-electron chi connectivity index (χ4n) is 5.01. The van der Waals surface area contributed by atoms with E-state index in [0.29, 0.717) is 0 Å². The lowest BCUT2D eigenvalue weighted by Crippen LogP contribution is -2.33. The lowest BCUT2D eigenvalue weighted by atomic mass is 9.96. The molecule has 0 unspecified atom stereocenters. The molecule has 0 aliphatic carbocycles. The Balaban J connectivity index is 1.30. The molecule has 5 nitrogen and oxygen atoms in total. The van der Waals surface area contributed by atoms with Crippen molar-refractivity contribution in [3.8, 4) is 17.2 Å². The highest BCUT2D eigenvalue weighted by molar-refractivity contribution is 6.02. The Bertz CT molecular complexity index is 1160. The average molecular weight is 485 g/mol. The number of methoxy groups -OCH3 is 1. The molecule has 0 saturated heterocycles. The molecule has 0 radical (unpaired) electrons. The van der Waals surface area contributed by atoms with Crippen LogP contribution in [0.2, 0.25) is 0 Å². The lowest BCUT2D eigenvalue weighted by Gasteiger charge is -2.38. The van der Waals surface area contributed by atoms with Crippen LogP contribution in [0.15, 0.2) is 77.9 Å². The molecule has 188 valence electrons. The normalized spacial score (nSPS) is 18.2. The summed E-state index contributed by atoms with van der Waals surface area (Å²) in [6.45, 7) is 3.02. The molecule has 3 aromatic carbocycles. The summed E-state index contributed by atoms with van der Waals surface area (Å²) in [5.74, 6) is 2.68. The van der Waals surface area contributed by atoms with Crippen LogP contribution in [-0.4, -0.2) is 24.4 Å². The fraction of sp³-hybridized carbons (Fsp3) is 0.387. The molecule has 0 N–H and O–H groups in total. The van der Waals surface area contributed by atoms with Crippen LogP contribution in [0, 0.1) is 0 Å². The zero-order valence-corrected chi connectivity index (χ0v) is 21.4. The first-order chi connectivity index (χ1) is 17.8. The maximum atomic E-state index is 6.50. The number of unbranched alkanes of at least 4 members (excludes halogenated alkanes) is 5. The monoisotopic (exact) mass is 484 g/mol. The number of hydrazone groups is 1. The number of hydrogen-bond donors (Lipinski definition) is 0. The minimum atomic E-state index is -0.284. The summed E-state index contributed by atoms with van der Waals surface area (Å²) in [6.07, 6.45) is 8.13. The second-order valence-corrected chi connectivity index (χ2v) is 9.57. The van der Waals surface area contributed by atoms with Crippen molar-refractivity contribution in [1.29, 1.82) is 0 Å². The van der Waals surface area contributed by atoms with Crippen LogP contribution in [-0.2, 0) is 0 Å². The Hall–Kier alpha value is -3.47. The van der Waals surface area contributed by atoms with Crippen molar-refractivity contribution in [2.75, 3.05) is 13.7 Å². The van der Waals surface area contributed by atoms with Crippen LogP contribution >= 0.6 is 0 Å². The summed E-state index contributed by atoms with van der Waals surface area (Å²) in [4.78, 5) is 0. The van der Waals surface area contributed by atoms with Gasteiger partial charge >= 0.3 is 0 Å². The smallest absolute Gasteiger partial charge is 0.213 e. The highest BCUT2D eigenvalue weighted by Crippen LogP contribution is 2.47. The molecule has 0 fully saturated rings. The van der Waals surface area contributed by atoms with Gasteiger partial charge in [0.05, 0.1) is 25.5 Å². The summed E-state index contributed by atoms with van der Waals surface area (Å²) in [5, 5.41) is 7.18. The molecule has 0 spiro atoms. The van der Waals surface area contributed by atoms with E-state index in [1.165, 1.54) is 37.7 Å². The highest BCUT2D eigenvalue weighted by atomic mass is 16.5. The van der Waals surface area contributed by atoms with Crippen LogP contribution in [0.25, 0.3) is 0 Å². The second kappa shape index (κ2) is 11.5. The predicted octanol–water partition coefficient (Wildman–Crippen LogP) is 7.68. The minimum absolute atomic E-state index is 0.140. The molecule has 36 heavy (non-hydrogen) atoms. The third-order valence-corrected chi connectivity index (χ3v) is 7.05. The maximum absolute atomic E-state index is 6.50. The number of rotatable bonds is 11. The molecule has 2 aliphatic rings. The predicted molar refractivity (Wildman–Crippen MR) is 144 cm³/mol. The van der Waals surface area contributed by atoms with E-state index in [9.17, 15) is 0 Å². The Morgan fingerprint density at radius 3 is 2.36 bits per heavy atom. The van der Waals surface area contributed by atoms with Gasteiger partial charge in [-0.15, -0.1) is 0 Å². The van der Waals surface area contributed by atoms with Gasteiger partial charge in [-0.1, -0.05) is 57.2 Å². The van der Waals surface area contributed by atoms with Crippen LogP contribution < -0.4 is 14.2 Å². The Labute approximate surface area is 214 Å². The number of hydrogen-bond acceptors (Lipinski definition) is 5. The topological polar surface area (TPSA) is 43.3 Å². The third kappa shape index (κ3) is 5.35. The van der Waals surface area contributed by atoms with Gasteiger partial charge in [0.1, 0.15) is 17.2 Å². The average Bonchev–Trinajstić information content (AvgIpc) is 3.38. The lowest BCUT2D eigenvalue weighted by molar-refractivity contribution is -0.0190. The van der Waals surface area contributed by atoms with Gasteiger partial charge in [-0.3, -0.25) is 0 Å². The number of para-hydroxylation sites is 1. The number of benzene rings is 3. The van der Waals surface area contributed by atoms with Crippen molar-refractivity contribution >= 4 is 5.71 Å². The molecular weight excluding hydrogens is 448 g/mol. The van der Waals surface area contributed by atoms with Gasteiger partial charge in [-0.05, 0) is 66.6 Å². The SMILES string of the molecule is CCCCCCCCOc1ccc([C@@H]2Oc3ccccc3[C@@H]3CC(c4ccc(OC)cc4)=NN32)cc1. The summed E-state index contributed by atoms with van der Waals surface area (Å²) >= 11 is 0. The summed E-state index contributed by atoms with van der Waals surface area (Å²) in [6, 6.07) is 24.9. The quantitative estimate of drug-likeness (QED) is 0.262. The molecular formula is C31H36N2O3. The fourth-order valence-corrected chi connectivity index (χ4v) is 5.01.